The van der Waals surface area contributed by atoms with Gasteiger partial charge in [0.1, 0.15) is 11.3 Å². The Balaban J connectivity index is 1.64. The highest BCUT2D eigenvalue weighted by atomic mass is 16.5. The second kappa shape index (κ2) is 7.59. The number of hydrogen-bond donors (Lipinski definition) is 1. The Hall–Kier alpha value is -2.50. The minimum Gasteiger partial charge on any atom is -0.497 e. The number of methoxy groups -OCH3 is 1. The molecule has 2 heterocycles. The van der Waals surface area contributed by atoms with E-state index in [1.807, 2.05) is 23.1 Å². The molecule has 25 heavy (non-hydrogen) atoms. The van der Waals surface area contributed by atoms with E-state index in [2.05, 4.69) is 0 Å². The number of hydrogen-bond acceptors (Lipinski definition) is 4. The normalized spacial score (nSPS) is 17.6. The largest absolute Gasteiger partial charge is 0.497 e. The van der Waals surface area contributed by atoms with Crippen LogP contribution >= 0.6 is 0 Å². The molecule has 3 rings (SSSR count). The number of amides is 1. The van der Waals surface area contributed by atoms with Gasteiger partial charge in [-0.3, -0.25) is 9.59 Å². The summed E-state index contributed by atoms with van der Waals surface area (Å²) in [5.74, 6) is 0.290. The average molecular weight is 345 g/mol. The molecular weight excluding hydrogens is 322 g/mol. The Morgan fingerprint density at radius 2 is 2.24 bits per heavy atom. The van der Waals surface area contributed by atoms with Gasteiger partial charge in [-0.1, -0.05) is 0 Å². The minimum absolute atomic E-state index is 0.0681. The molecule has 134 valence electrons. The number of benzene rings is 1. The summed E-state index contributed by atoms with van der Waals surface area (Å²) in [4.78, 5) is 25.3. The van der Waals surface area contributed by atoms with E-state index in [0.717, 1.165) is 36.1 Å². The summed E-state index contributed by atoms with van der Waals surface area (Å²) in [7, 11) is 1.60. The molecular formula is C19H23NO5. The number of fused-ring (bicyclic) bond motifs is 1. The molecule has 0 aliphatic carbocycles. The van der Waals surface area contributed by atoms with Crippen molar-refractivity contribution in [3.8, 4) is 5.75 Å². The number of carboxylic acids is 1. The van der Waals surface area contributed by atoms with Crippen molar-refractivity contribution in [1.82, 2.24) is 4.90 Å². The van der Waals surface area contributed by atoms with Crippen molar-refractivity contribution in [2.24, 2.45) is 5.92 Å². The zero-order chi connectivity index (χ0) is 17.8. The van der Waals surface area contributed by atoms with Crippen LogP contribution in [0.15, 0.2) is 28.9 Å². The molecule has 1 atom stereocenters. The molecule has 1 unspecified atom stereocenters. The van der Waals surface area contributed by atoms with Crippen molar-refractivity contribution in [1.29, 1.82) is 0 Å². The zero-order valence-corrected chi connectivity index (χ0v) is 14.4. The summed E-state index contributed by atoms with van der Waals surface area (Å²) in [6, 6.07) is 5.58. The standard InChI is InChI=1S/C19H23NO5/c1-24-15-5-6-16-14(12-25-17(16)10-15)9-18(21)20-8-2-3-13(11-20)4-7-19(22)23/h5-6,10,12-13H,2-4,7-9,11H2,1H3,(H,22,23). The van der Waals surface area contributed by atoms with Crippen LogP contribution in [0.5, 0.6) is 5.75 Å². The van der Waals surface area contributed by atoms with Crippen LogP contribution in [0, 0.1) is 5.92 Å². The topological polar surface area (TPSA) is 80.0 Å². The number of carbonyl (C=O) groups excluding carboxylic acids is 1. The number of likely N-dealkylation sites (tertiary alicyclic amines) is 1. The van der Waals surface area contributed by atoms with E-state index in [4.69, 9.17) is 14.3 Å². The molecule has 1 aromatic heterocycles. The van der Waals surface area contributed by atoms with E-state index in [1.54, 1.807) is 13.4 Å². The number of carbonyl (C=O) groups is 2. The maximum Gasteiger partial charge on any atom is 0.303 e. The van der Waals surface area contributed by atoms with Crippen molar-refractivity contribution < 1.29 is 23.8 Å². The van der Waals surface area contributed by atoms with Crippen molar-refractivity contribution in [3.05, 3.63) is 30.0 Å². The first kappa shape index (κ1) is 17.3. The monoisotopic (exact) mass is 345 g/mol. The first-order valence-corrected chi connectivity index (χ1v) is 8.60. The number of ether oxygens (including phenoxy) is 1. The lowest BCUT2D eigenvalue weighted by Gasteiger charge is -2.32. The van der Waals surface area contributed by atoms with Gasteiger partial charge in [-0.05, 0) is 37.3 Å². The molecule has 6 heteroatoms. The van der Waals surface area contributed by atoms with Gasteiger partial charge >= 0.3 is 5.97 Å². The first-order valence-electron chi connectivity index (χ1n) is 8.60. The van der Waals surface area contributed by atoms with E-state index < -0.39 is 5.97 Å². The van der Waals surface area contributed by atoms with Gasteiger partial charge in [-0.25, -0.2) is 0 Å². The predicted molar refractivity (Wildman–Crippen MR) is 92.6 cm³/mol. The molecule has 0 radical (unpaired) electrons. The van der Waals surface area contributed by atoms with Crippen LogP contribution < -0.4 is 4.74 Å². The number of piperidine rings is 1. The average Bonchev–Trinajstić information content (AvgIpc) is 3.02. The summed E-state index contributed by atoms with van der Waals surface area (Å²) in [5.41, 5.74) is 1.58. The Bertz CT molecular complexity index is 766. The van der Waals surface area contributed by atoms with Crippen LogP contribution in [0.1, 0.15) is 31.2 Å². The lowest BCUT2D eigenvalue weighted by molar-refractivity contribution is -0.137. The summed E-state index contributed by atoms with van der Waals surface area (Å²) in [5, 5.41) is 9.75. The number of aliphatic carboxylic acids is 1. The second-order valence-electron chi connectivity index (χ2n) is 6.58. The number of carboxylic acid groups (broad SMARTS) is 1. The molecule has 1 aliphatic rings. The van der Waals surface area contributed by atoms with E-state index in [-0.39, 0.29) is 18.2 Å². The quantitative estimate of drug-likeness (QED) is 0.870. The lowest BCUT2D eigenvalue weighted by Crippen LogP contribution is -2.40. The van der Waals surface area contributed by atoms with Gasteiger partial charge < -0.3 is 19.2 Å². The summed E-state index contributed by atoms with van der Waals surface area (Å²) < 4.78 is 10.7. The molecule has 1 amide bonds. The van der Waals surface area contributed by atoms with Crippen molar-refractivity contribution >= 4 is 22.8 Å². The van der Waals surface area contributed by atoms with Gasteiger partial charge in [0, 0.05) is 36.5 Å². The van der Waals surface area contributed by atoms with E-state index >= 15 is 0 Å². The van der Waals surface area contributed by atoms with Crippen molar-refractivity contribution in [2.45, 2.75) is 32.1 Å². The summed E-state index contributed by atoms with van der Waals surface area (Å²) >= 11 is 0. The molecule has 0 bridgehead atoms. The van der Waals surface area contributed by atoms with Crippen LogP contribution in [0.4, 0.5) is 0 Å². The third-order valence-electron chi connectivity index (χ3n) is 4.84. The highest BCUT2D eigenvalue weighted by Crippen LogP contribution is 2.27. The van der Waals surface area contributed by atoms with Gasteiger partial charge in [-0.15, -0.1) is 0 Å². The van der Waals surface area contributed by atoms with Crippen LogP contribution in [0.2, 0.25) is 0 Å². The van der Waals surface area contributed by atoms with E-state index in [1.165, 1.54) is 0 Å². The SMILES string of the molecule is COc1ccc2c(CC(=O)N3CCCC(CCC(=O)O)C3)coc2c1. The summed E-state index contributed by atoms with van der Waals surface area (Å²) in [6.07, 6.45) is 4.65. The molecule has 1 aromatic carbocycles. The van der Waals surface area contributed by atoms with E-state index in [9.17, 15) is 9.59 Å². The number of furan rings is 1. The maximum absolute atomic E-state index is 12.7. The number of nitrogens with zero attached hydrogens (tertiary/aromatic N) is 1. The fraction of sp³-hybridized carbons (Fsp3) is 0.474. The maximum atomic E-state index is 12.7. The van der Waals surface area contributed by atoms with Crippen molar-refractivity contribution in [3.63, 3.8) is 0 Å². The molecule has 0 spiro atoms. The molecule has 1 aliphatic heterocycles. The van der Waals surface area contributed by atoms with E-state index in [0.29, 0.717) is 25.0 Å². The minimum atomic E-state index is -0.774. The highest BCUT2D eigenvalue weighted by Gasteiger charge is 2.24. The Labute approximate surface area is 146 Å². The molecule has 0 saturated carbocycles. The lowest BCUT2D eigenvalue weighted by atomic mass is 9.93. The molecule has 1 saturated heterocycles. The first-order chi connectivity index (χ1) is 12.1. The van der Waals surface area contributed by atoms with Crippen LogP contribution in [0.3, 0.4) is 0 Å². The highest BCUT2D eigenvalue weighted by molar-refractivity contribution is 5.88. The Morgan fingerprint density at radius 3 is 3.00 bits per heavy atom. The third-order valence-corrected chi connectivity index (χ3v) is 4.84. The third kappa shape index (κ3) is 4.13. The van der Waals surface area contributed by atoms with Crippen LogP contribution in [-0.2, 0) is 16.0 Å². The molecule has 2 aromatic rings. The van der Waals surface area contributed by atoms with Crippen molar-refractivity contribution in [2.75, 3.05) is 20.2 Å². The summed E-state index contributed by atoms with van der Waals surface area (Å²) in [6.45, 7) is 1.39. The van der Waals surface area contributed by atoms with Crippen LogP contribution in [-0.4, -0.2) is 42.1 Å². The Kier molecular flexibility index (Phi) is 5.26. The second-order valence-corrected chi connectivity index (χ2v) is 6.58. The van der Waals surface area contributed by atoms with Gasteiger partial charge in [0.05, 0.1) is 19.8 Å². The molecule has 1 N–H and O–H groups in total. The van der Waals surface area contributed by atoms with Crippen LogP contribution in [0.25, 0.3) is 11.0 Å². The predicted octanol–water partition coefficient (Wildman–Crippen LogP) is 3.09. The van der Waals surface area contributed by atoms with Gasteiger partial charge in [-0.2, -0.15) is 0 Å². The fourth-order valence-electron chi connectivity index (χ4n) is 3.46. The molecule has 6 nitrogen and oxygen atoms in total. The molecule has 1 fully saturated rings. The van der Waals surface area contributed by atoms with Gasteiger partial charge in [0.2, 0.25) is 5.91 Å². The smallest absolute Gasteiger partial charge is 0.303 e. The van der Waals surface area contributed by atoms with Gasteiger partial charge in [0.15, 0.2) is 0 Å². The Morgan fingerprint density at radius 1 is 1.40 bits per heavy atom. The zero-order valence-electron chi connectivity index (χ0n) is 14.4. The fourth-order valence-corrected chi connectivity index (χ4v) is 3.46. The van der Waals surface area contributed by atoms with Gasteiger partial charge in [0.25, 0.3) is 0 Å². The number of rotatable bonds is 6.